The van der Waals surface area contributed by atoms with Crippen molar-refractivity contribution in [3.05, 3.63) is 34.9 Å². The fourth-order valence-corrected chi connectivity index (χ4v) is 2.80. The van der Waals surface area contributed by atoms with Crippen LogP contribution in [-0.4, -0.2) is 54.9 Å². The molecule has 7 nitrogen and oxygen atoms in total. The highest BCUT2D eigenvalue weighted by molar-refractivity contribution is 7.86. The van der Waals surface area contributed by atoms with Gasteiger partial charge in [0.1, 0.15) is 0 Å². The summed E-state index contributed by atoms with van der Waals surface area (Å²) in [6, 6.07) is 5.42. The summed E-state index contributed by atoms with van der Waals surface area (Å²) < 4.78 is 54.2. The van der Waals surface area contributed by atoms with Crippen molar-refractivity contribution in [2.75, 3.05) is 33.2 Å². The maximum Gasteiger partial charge on any atom is 0.264 e. The largest absolute Gasteiger partial charge is 0.309 e. The monoisotopic (exact) mass is 379 g/mol. The Hall–Kier alpha value is -1.00. The van der Waals surface area contributed by atoms with Gasteiger partial charge in [-0.3, -0.25) is 8.37 Å². The zero-order chi connectivity index (χ0) is 18.4. The van der Waals surface area contributed by atoms with Crippen molar-refractivity contribution in [2.24, 2.45) is 0 Å². The van der Waals surface area contributed by atoms with E-state index in [9.17, 15) is 16.8 Å². The molecule has 0 aromatic heterocycles. The Balaban J connectivity index is 2.91. The van der Waals surface area contributed by atoms with Crippen LogP contribution in [0.1, 0.15) is 23.1 Å². The summed E-state index contributed by atoms with van der Waals surface area (Å²) in [7, 11) is -3.12. The first-order valence-corrected chi connectivity index (χ1v) is 11.0. The summed E-state index contributed by atoms with van der Waals surface area (Å²) in [6.07, 6.45) is 3.69. The van der Waals surface area contributed by atoms with E-state index in [1.54, 1.807) is 6.07 Å². The van der Waals surface area contributed by atoms with Gasteiger partial charge in [0, 0.05) is 0 Å². The maximum absolute atomic E-state index is 11.1. The van der Waals surface area contributed by atoms with Gasteiger partial charge in [0.15, 0.2) is 0 Å². The summed E-state index contributed by atoms with van der Waals surface area (Å²) >= 11 is 0. The van der Waals surface area contributed by atoms with Crippen molar-refractivity contribution in [3.63, 3.8) is 0 Å². The SMILES string of the molecule is CN(C)CCCc1cc(COS(C)(=O)=O)cc(COS(C)(=O)=O)c1. The smallest absolute Gasteiger partial charge is 0.264 e. The third-order valence-electron chi connectivity index (χ3n) is 3.06. The van der Waals surface area contributed by atoms with E-state index >= 15 is 0 Å². The maximum atomic E-state index is 11.1. The van der Waals surface area contributed by atoms with Gasteiger partial charge in [-0.1, -0.05) is 18.2 Å². The van der Waals surface area contributed by atoms with Gasteiger partial charge in [-0.05, 0) is 50.2 Å². The average molecular weight is 380 g/mol. The molecule has 24 heavy (non-hydrogen) atoms. The Morgan fingerprint density at radius 3 is 1.62 bits per heavy atom. The number of nitrogens with zero attached hydrogens (tertiary/aromatic N) is 1. The van der Waals surface area contributed by atoms with E-state index in [-0.39, 0.29) is 13.2 Å². The highest BCUT2D eigenvalue weighted by atomic mass is 32.2. The lowest BCUT2D eigenvalue weighted by atomic mass is 10.0. The van der Waals surface area contributed by atoms with E-state index in [1.165, 1.54) is 0 Å². The Labute approximate surface area is 144 Å². The van der Waals surface area contributed by atoms with E-state index in [0.29, 0.717) is 11.1 Å². The summed E-state index contributed by atoms with van der Waals surface area (Å²) in [6.45, 7) is 0.734. The molecule has 0 saturated heterocycles. The molecule has 1 rings (SSSR count). The molecule has 1 aromatic carbocycles. The molecule has 9 heteroatoms. The fourth-order valence-electron chi connectivity index (χ4n) is 2.10. The van der Waals surface area contributed by atoms with E-state index < -0.39 is 20.2 Å². The zero-order valence-corrected chi connectivity index (χ0v) is 16.1. The summed E-state index contributed by atoms with van der Waals surface area (Å²) in [4.78, 5) is 2.07. The molecule has 0 aliphatic rings. The summed E-state index contributed by atoms with van der Waals surface area (Å²) in [5.41, 5.74) is 2.31. The van der Waals surface area contributed by atoms with E-state index in [4.69, 9.17) is 8.37 Å². The van der Waals surface area contributed by atoms with Crippen LogP contribution >= 0.6 is 0 Å². The predicted octanol–water partition coefficient (Wildman–Crippen LogP) is 1.13. The molecular formula is C15H25NO6S2. The lowest BCUT2D eigenvalue weighted by Gasteiger charge is -2.12. The first-order chi connectivity index (χ1) is 10.9. The highest BCUT2D eigenvalue weighted by Gasteiger charge is 2.09. The molecule has 0 heterocycles. The van der Waals surface area contributed by atoms with Gasteiger partial charge in [-0.25, -0.2) is 0 Å². The van der Waals surface area contributed by atoms with Crippen LogP contribution < -0.4 is 0 Å². The molecule has 0 saturated carbocycles. The third-order valence-corrected chi connectivity index (χ3v) is 4.15. The lowest BCUT2D eigenvalue weighted by Crippen LogP contribution is -2.13. The molecule has 0 aliphatic heterocycles. The fraction of sp³-hybridized carbons (Fsp3) is 0.600. The van der Waals surface area contributed by atoms with Crippen LogP contribution in [0.25, 0.3) is 0 Å². The molecule has 0 radical (unpaired) electrons. The standard InChI is InChI=1S/C15H25NO6S2/c1-16(2)7-5-6-13-8-14(11-21-23(3,17)18)10-15(9-13)12-22-24(4,19)20/h8-10H,5-7,11-12H2,1-4H3. The molecule has 0 bridgehead atoms. The molecule has 0 spiro atoms. The van der Waals surface area contributed by atoms with Gasteiger partial charge in [0.2, 0.25) is 0 Å². The minimum atomic E-state index is -3.55. The van der Waals surface area contributed by atoms with Gasteiger partial charge < -0.3 is 4.90 Å². The Kier molecular flexibility index (Phi) is 7.81. The lowest BCUT2D eigenvalue weighted by molar-refractivity contribution is 0.306. The number of aryl methyl sites for hydroxylation is 1. The summed E-state index contributed by atoms with van der Waals surface area (Å²) in [5.74, 6) is 0. The van der Waals surface area contributed by atoms with Gasteiger partial charge in [-0.15, -0.1) is 0 Å². The molecular weight excluding hydrogens is 354 g/mol. The summed E-state index contributed by atoms with van der Waals surface area (Å²) in [5, 5.41) is 0. The molecule has 0 unspecified atom stereocenters. The van der Waals surface area contributed by atoms with E-state index in [2.05, 4.69) is 4.90 Å². The molecule has 0 amide bonds. The Morgan fingerprint density at radius 2 is 1.25 bits per heavy atom. The minimum Gasteiger partial charge on any atom is -0.309 e. The van der Waals surface area contributed by atoms with Crippen LogP contribution in [0.2, 0.25) is 0 Å². The molecule has 0 fully saturated rings. The minimum absolute atomic E-state index is 0.0910. The number of rotatable bonds is 10. The Morgan fingerprint density at radius 1 is 0.833 bits per heavy atom. The van der Waals surface area contributed by atoms with Crippen LogP contribution in [0.5, 0.6) is 0 Å². The predicted molar refractivity (Wildman–Crippen MR) is 92.6 cm³/mol. The first-order valence-electron chi connectivity index (χ1n) is 7.40. The van der Waals surface area contributed by atoms with Gasteiger partial charge in [0.25, 0.3) is 20.2 Å². The van der Waals surface area contributed by atoms with Crippen molar-refractivity contribution in [1.29, 1.82) is 0 Å². The zero-order valence-electron chi connectivity index (χ0n) is 14.5. The topological polar surface area (TPSA) is 90.0 Å². The van der Waals surface area contributed by atoms with Crippen molar-refractivity contribution in [3.8, 4) is 0 Å². The van der Waals surface area contributed by atoms with E-state index in [0.717, 1.165) is 37.5 Å². The molecule has 0 atom stereocenters. The van der Waals surface area contributed by atoms with Crippen molar-refractivity contribution in [2.45, 2.75) is 26.1 Å². The third kappa shape index (κ3) is 9.99. The van der Waals surface area contributed by atoms with Crippen molar-refractivity contribution >= 4 is 20.2 Å². The quantitative estimate of drug-likeness (QED) is 0.563. The van der Waals surface area contributed by atoms with Gasteiger partial charge in [0.05, 0.1) is 25.7 Å². The second kappa shape index (κ2) is 8.91. The Bertz CT molecular complexity index is 687. The van der Waals surface area contributed by atoms with Crippen LogP contribution in [0.3, 0.4) is 0 Å². The van der Waals surface area contributed by atoms with Crippen molar-refractivity contribution < 1.29 is 25.2 Å². The first kappa shape index (κ1) is 21.0. The van der Waals surface area contributed by atoms with Crippen LogP contribution in [0, 0.1) is 0 Å². The van der Waals surface area contributed by atoms with Gasteiger partial charge >= 0.3 is 0 Å². The molecule has 138 valence electrons. The number of hydrogen-bond donors (Lipinski definition) is 0. The molecule has 0 N–H and O–H groups in total. The normalized spacial score (nSPS) is 12.7. The number of benzene rings is 1. The number of hydrogen-bond acceptors (Lipinski definition) is 7. The van der Waals surface area contributed by atoms with Crippen molar-refractivity contribution in [1.82, 2.24) is 4.90 Å². The van der Waals surface area contributed by atoms with Gasteiger partial charge in [-0.2, -0.15) is 16.8 Å². The van der Waals surface area contributed by atoms with Crippen LogP contribution in [0.4, 0.5) is 0 Å². The second-order valence-electron chi connectivity index (χ2n) is 6.00. The highest BCUT2D eigenvalue weighted by Crippen LogP contribution is 2.16. The molecule has 0 aliphatic carbocycles. The molecule has 1 aromatic rings. The average Bonchev–Trinajstić information content (AvgIpc) is 2.41. The van der Waals surface area contributed by atoms with Crippen LogP contribution in [0.15, 0.2) is 18.2 Å². The van der Waals surface area contributed by atoms with Crippen LogP contribution in [-0.2, 0) is 48.2 Å². The second-order valence-corrected chi connectivity index (χ2v) is 9.29. The van der Waals surface area contributed by atoms with E-state index in [1.807, 2.05) is 26.2 Å².